The highest BCUT2D eigenvalue weighted by atomic mass is 16.5. The predicted octanol–water partition coefficient (Wildman–Crippen LogP) is 5.19. The Morgan fingerprint density at radius 2 is 1.37 bits per heavy atom. The van der Waals surface area contributed by atoms with Crippen LogP contribution in [0.15, 0.2) is 103 Å². The number of hydrogen-bond acceptors (Lipinski definition) is 3. The van der Waals surface area contributed by atoms with Crippen molar-refractivity contribution in [1.82, 2.24) is 5.32 Å². The summed E-state index contributed by atoms with van der Waals surface area (Å²) < 4.78 is 5.88. The SMILES string of the molecule is O=C(N[C@@H](Cc1cccc(OCc2ccccc2)c1)C(=O)O)C1c2ccccc2-c2ccccc21. The number of ether oxygens (including phenoxy) is 1. The van der Waals surface area contributed by atoms with Crippen LogP contribution in [0.1, 0.15) is 28.2 Å². The summed E-state index contributed by atoms with van der Waals surface area (Å²) in [7, 11) is 0. The zero-order valence-electron chi connectivity index (χ0n) is 19.1. The average Bonchev–Trinajstić information content (AvgIpc) is 3.22. The normalized spacial score (nSPS) is 12.9. The number of carboxylic acid groups (broad SMARTS) is 1. The van der Waals surface area contributed by atoms with E-state index in [9.17, 15) is 14.7 Å². The maximum atomic E-state index is 13.4. The van der Waals surface area contributed by atoms with Gasteiger partial charge in [-0.15, -0.1) is 0 Å². The van der Waals surface area contributed by atoms with E-state index in [4.69, 9.17) is 4.74 Å². The van der Waals surface area contributed by atoms with Crippen molar-refractivity contribution in [2.75, 3.05) is 0 Å². The highest BCUT2D eigenvalue weighted by Crippen LogP contribution is 2.44. The molecule has 0 aliphatic heterocycles. The summed E-state index contributed by atoms with van der Waals surface area (Å²) in [6.07, 6.45) is 0.152. The number of aliphatic carboxylic acids is 1. The van der Waals surface area contributed by atoms with Crippen molar-refractivity contribution in [3.05, 3.63) is 125 Å². The average molecular weight is 464 g/mol. The molecule has 0 saturated heterocycles. The second-order valence-corrected chi connectivity index (χ2v) is 8.63. The lowest BCUT2D eigenvalue weighted by atomic mass is 9.95. The fourth-order valence-electron chi connectivity index (χ4n) is 4.63. The van der Waals surface area contributed by atoms with Gasteiger partial charge in [0.15, 0.2) is 0 Å². The lowest BCUT2D eigenvalue weighted by Gasteiger charge is -2.19. The highest BCUT2D eigenvalue weighted by molar-refractivity contribution is 5.97. The van der Waals surface area contributed by atoms with Crippen molar-refractivity contribution in [2.24, 2.45) is 0 Å². The van der Waals surface area contributed by atoms with Crippen LogP contribution in [0.2, 0.25) is 0 Å². The molecule has 4 aromatic carbocycles. The second kappa shape index (κ2) is 9.85. The molecular weight excluding hydrogens is 438 g/mol. The Balaban J connectivity index is 1.32. The number of rotatable bonds is 8. The minimum atomic E-state index is -1.08. The van der Waals surface area contributed by atoms with Crippen LogP contribution in [-0.2, 0) is 22.6 Å². The summed E-state index contributed by atoms with van der Waals surface area (Å²) in [5.74, 6) is -1.27. The largest absolute Gasteiger partial charge is 0.489 e. The number of hydrogen-bond donors (Lipinski definition) is 2. The first kappa shape index (κ1) is 22.4. The first-order valence-electron chi connectivity index (χ1n) is 11.6. The van der Waals surface area contributed by atoms with E-state index in [0.29, 0.717) is 12.4 Å². The molecule has 1 atom stereocenters. The molecule has 1 amide bonds. The molecule has 0 unspecified atom stereocenters. The topological polar surface area (TPSA) is 75.6 Å². The minimum absolute atomic E-state index is 0.152. The summed E-state index contributed by atoms with van der Waals surface area (Å²) in [6.45, 7) is 0.421. The van der Waals surface area contributed by atoms with Gasteiger partial charge in [-0.25, -0.2) is 4.79 Å². The molecule has 0 fully saturated rings. The van der Waals surface area contributed by atoms with Crippen LogP contribution >= 0.6 is 0 Å². The van der Waals surface area contributed by atoms with Crippen LogP contribution in [0.3, 0.4) is 0 Å². The number of fused-ring (bicyclic) bond motifs is 3. The van der Waals surface area contributed by atoms with Crippen LogP contribution in [0.4, 0.5) is 0 Å². The van der Waals surface area contributed by atoms with Crippen molar-refractivity contribution >= 4 is 11.9 Å². The first-order chi connectivity index (χ1) is 17.1. The molecule has 1 aliphatic rings. The molecule has 0 heterocycles. The number of nitrogens with one attached hydrogen (secondary N) is 1. The van der Waals surface area contributed by atoms with E-state index in [2.05, 4.69) is 5.32 Å². The van der Waals surface area contributed by atoms with Crippen molar-refractivity contribution in [2.45, 2.75) is 25.0 Å². The van der Waals surface area contributed by atoms with E-state index in [1.165, 1.54) is 0 Å². The Kier molecular flexibility index (Phi) is 6.31. The molecule has 0 saturated carbocycles. The number of carbonyl (C=O) groups excluding carboxylic acids is 1. The lowest BCUT2D eigenvalue weighted by molar-refractivity contribution is -0.141. The molecule has 5 rings (SSSR count). The fraction of sp³-hybridized carbons (Fsp3) is 0.133. The van der Waals surface area contributed by atoms with E-state index < -0.39 is 17.9 Å². The van der Waals surface area contributed by atoms with E-state index in [0.717, 1.165) is 33.4 Å². The summed E-state index contributed by atoms with van der Waals surface area (Å²) in [4.78, 5) is 25.5. The molecule has 0 aromatic heterocycles. The van der Waals surface area contributed by atoms with Crippen molar-refractivity contribution in [1.29, 1.82) is 0 Å². The summed E-state index contributed by atoms with van der Waals surface area (Å²) in [5, 5.41) is 12.7. The minimum Gasteiger partial charge on any atom is -0.489 e. The molecule has 0 radical (unpaired) electrons. The zero-order valence-corrected chi connectivity index (χ0v) is 19.1. The second-order valence-electron chi connectivity index (χ2n) is 8.63. The molecule has 4 aromatic rings. The van der Waals surface area contributed by atoms with E-state index in [1.54, 1.807) is 0 Å². The van der Waals surface area contributed by atoms with Gasteiger partial charge in [-0.2, -0.15) is 0 Å². The molecule has 1 aliphatic carbocycles. The van der Waals surface area contributed by atoms with Crippen LogP contribution in [0.25, 0.3) is 11.1 Å². The van der Waals surface area contributed by atoms with Crippen LogP contribution in [-0.4, -0.2) is 23.0 Å². The molecule has 0 spiro atoms. The number of amides is 1. The Morgan fingerprint density at radius 1 is 0.771 bits per heavy atom. The smallest absolute Gasteiger partial charge is 0.326 e. The van der Waals surface area contributed by atoms with Crippen LogP contribution < -0.4 is 10.1 Å². The zero-order chi connectivity index (χ0) is 24.2. The van der Waals surface area contributed by atoms with E-state index in [-0.39, 0.29) is 12.3 Å². The highest BCUT2D eigenvalue weighted by Gasteiger charge is 2.35. The molecule has 35 heavy (non-hydrogen) atoms. The maximum absolute atomic E-state index is 13.4. The molecule has 2 N–H and O–H groups in total. The molecular formula is C30H25NO4. The monoisotopic (exact) mass is 463 g/mol. The third kappa shape index (κ3) is 4.80. The summed E-state index contributed by atoms with van der Waals surface area (Å²) in [6, 6.07) is 31.7. The quantitative estimate of drug-likeness (QED) is 0.377. The Morgan fingerprint density at radius 3 is 2.03 bits per heavy atom. The third-order valence-corrected chi connectivity index (χ3v) is 6.30. The lowest BCUT2D eigenvalue weighted by Crippen LogP contribution is -2.44. The van der Waals surface area contributed by atoms with Gasteiger partial charge in [0.05, 0.1) is 5.92 Å². The third-order valence-electron chi connectivity index (χ3n) is 6.30. The summed E-state index contributed by atoms with van der Waals surface area (Å²) >= 11 is 0. The van der Waals surface area contributed by atoms with Crippen LogP contribution in [0, 0.1) is 0 Å². The maximum Gasteiger partial charge on any atom is 0.326 e. The van der Waals surface area contributed by atoms with E-state index >= 15 is 0 Å². The summed E-state index contributed by atoms with van der Waals surface area (Å²) in [5.41, 5.74) is 5.64. The molecule has 5 nitrogen and oxygen atoms in total. The predicted molar refractivity (Wildman–Crippen MR) is 134 cm³/mol. The van der Waals surface area contributed by atoms with Gasteiger partial charge in [-0.05, 0) is 45.5 Å². The standard InChI is InChI=1S/C30H25NO4/c32-29(28-25-15-6-4-13-23(25)24-14-5-7-16-26(24)28)31-27(30(33)34)18-21-11-8-12-22(17-21)35-19-20-9-2-1-3-10-20/h1-17,27-28H,18-19H2,(H,31,32)(H,33,34)/t27-/m0/s1. The first-order valence-corrected chi connectivity index (χ1v) is 11.6. The molecule has 174 valence electrons. The fourth-order valence-corrected chi connectivity index (χ4v) is 4.63. The van der Waals surface area contributed by atoms with Gasteiger partial charge >= 0.3 is 5.97 Å². The van der Waals surface area contributed by atoms with Gasteiger partial charge in [0.1, 0.15) is 18.4 Å². The number of carboxylic acids is 1. The Labute approximate surface area is 204 Å². The Hall–Kier alpha value is -4.38. The van der Waals surface area contributed by atoms with Gasteiger partial charge < -0.3 is 15.2 Å². The van der Waals surface area contributed by atoms with Gasteiger partial charge in [0, 0.05) is 6.42 Å². The molecule has 5 heteroatoms. The van der Waals surface area contributed by atoms with Gasteiger partial charge in [0.2, 0.25) is 5.91 Å². The van der Waals surface area contributed by atoms with Crippen molar-refractivity contribution in [3.63, 3.8) is 0 Å². The van der Waals surface area contributed by atoms with Crippen molar-refractivity contribution in [3.8, 4) is 16.9 Å². The number of benzene rings is 4. The van der Waals surface area contributed by atoms with Gasteiger partial charge in [-0.3, -0.25) is 4.79 Å². The van der Waals surface area contributed by atoms with Crippen LogP contribution in [0.5, 0.6) is 5.75 Å². The number of carbonyl (C=O) groups is 2. The van der Waals surface area contributed by atoms with Crippen molar-refractivity contribution < 1.29 is 19.4 Å². The van der Waals surface area contributed by atoms with Gasteiger partial charge in [-0.1, -0.05) is 91.0 Å². The van der Waals surface area contributed by atoms with Gasteiger partial charge in [0.25, 0.3) is 0 Å². The van der Waals surface area contributed by atoms with E-state index in [1.807, 2.05) is 103 Å². The Bertz CT molecular complexity index is 1320. The molecule has 0 bridgehead atoms.